The number of hydrogen-bond donors (Lipinski definition) is 1. The molecular formula is C12H24O7. The van der Waals surface area contributed by atoms with E-state index in [2.05, 4.69) is 4.74 Å². The van der Waals surface area contributed by atoms with E-state index in [0.29, 0.717) is 46.1 Å². The van der Waals surface area contributed by atoms with Gasteiger partial charge in [-0.15, -0.1) is 0 Å². The Bertz CT molecular complexity index is 210. The first-order valence-electron chi connectivity index (χ1n) is 6.32. The van der Waals surface area contributed by atoms with Crippen LogP contribution in [0.2, 0.25) is 0 Å². The van der Waals surface area contributed by atoms with Crippen LogP contribution >= 0.6 is 0 Å². The van der Waals surface area contributed by atoms with Gasteiger partial charge in [-0.1, -0.05) is 0 Å². The third-order valence-electron chi connectivity index (χ3n) is 2.19. The van der Waals surface area contributed by atoms with Gasteiger partial charge >= 0.3 is 6.16 Å². The summed E-state index contributed by atoms with van der Waals surface area (Å²) in [4.78, 5) is 10.3. The Hall–Kier alpha value is -0.890. The van der Waals surface area contributed by atoms with Gasteiger partial charge in [0.25, 0.3) is 0 Å². The van der Waals surface area contributed by atoms with Crippen molar-refractivity contribution < 1.29 is 33.6 Å². The Balaban J connectivity index is 3.67. The maximum Gasteiger partial charge on any atom is 0.505 e. The number of hydrogen-bond acceptors (Lipinski definition) is 6. The van der Waals surface area contributed by atoms with E-state index in [-0.39, 0.29) is 12.7 Å². The highest BCUT2D eigenvalue weighted by Gasteiger charge is 2.12. The molecule has 7 heteroatoms. The van der Waals surface area contributed by atoms with Gasteiger partial charge in [-0.05, 0) is 6.92 Å². The van der Waals surface area contributed by atoms with E-state index >= 15 is 0 Å². The molecule has 0 aromatic rings. The average molecular weight is 280 g/mol. The predicted octanol–water partition coefficient (Wildman–Crippen LogP) is 1.16. The second-order valence-corrected chi connectivity index (χ2v) is 3.66. The topological polar surface area (TPSA) is 83.5 Å². The van der Waals surface area contributed by atoms with Crippen molar-refractivity contribution in [1.29, 1.82) is 0 Å². The SMILES string of the molecule is CCOCCC(COC(=O)O)OCCOCCOC. The molecule has 0 fully saturated rings. The molecule has 0 aliphatic heterocycles. The Morgan fingerprint density at radius 2 is 1.84 bits per heavy atom. The van der Waals surface area contributed by atoms with Crippen molar-refractivity contribution in [2.75, 3.05) is 53.4 Å². The summed E-state index contributed by atoms with van der Waals surface area (Å²) in [5.41, 5.74) is 0. The quantitative estimate of drug-likeness (QED) is 0.400. The zero-order valence-corrected chi connectivity index (χ0v) is 11.6. The van der Waals surface area contributed by atoms with Crippen molar-refractivity contribution in [3.05, 3.63) is 0 Å². The van der Waals surface area contributed by atoms with E-state index in [1.54, 1.807) is 7.11 Å². The van der Waals surface area contributed by atoms with Crippen LogP contribution in [0, 0.1) is 0 Å². The summed E-state index contributed by atoms with van der Waals surface area (Å²) in [6.45, 7) is 4.88. The molecule has 0 radical (unpaired) electrons. The van der Waals surface area contributed by atoms with E-state index in [1.807, 2.05) is 6.92 Å². The van der Waals surface area contributed by atoms with Crippen LogP contribution in [0.4, 0.5) is 4.79 Å². The molecular weight excluding hydrogens is 256 g/mol. The third kappa shape index (κ3) is 13.3. The molecule has 19 heavy (non-hydrogen) atoms. The van der Waals surface area contributed by atoms with Crippen LogP contribution in [0.1, 0.15) is 13.3 Å². The highest BCUT2D eigenvalue weighted by Crippen LogP contribution is 2.01. The summed E-state index contributed by atoms with van der Waals surface area (Å²) in [5, 5.41) is 8.46. The van der Waals surface area contributed by atoms with Gasteiger partial charge in [-0.2, -0.15) is 0 Å². The van der Waals surface area contributed by atoms with Crippen molar-refractivity contribution in [1.82, 2.24) is 0 Å². The molecule has 0 aliphatic rings. The fourth-order valence-electron chi connectivity index (χ4n) is 1.26. The first kappa shape index (κ1) is 18.1. The van der Waals surface area contributed by atoms with E-state index in [0.717, 1.165) is 0 Å². The lowest BCUT2D eigenvalue weighted by Gasteiger charge is -2.17. The van der Waals surface area contributed by atoms with Crippen molar-refractivity contribution in [3.8, 4) is 0 Å². The van der Waals surface area contributed by atoms with Crippen molar-refractivity contribution in [3.63, 3.8) is 0 Å². The zero-order chi connectivity index (χ0) is 14.3. The summed E-state index contributed by atoms with van der Waals surface area (Å²) in [5.74, 6) is 0. The second kappa shape index (κ2) is 13.5. The molecule has 0 saturated heterocycles. The van der Waals surface area contributed by atoms with Crippen LogP contribution in [0.15, 0.2) is 0 Å². The summed E-state index contributed by atoms with van der Waals surface area (Å²) in [6.07, 6.45) is -1.03. The van der Waals surface area contributed by atoms with Gasteiger partial charge in [0.2, 0.25) is 0 Å². The normalized spacial score (nSPS) is 12.3. The van der Waals surface area contributed by atoms with Crippen LogP contribution in [-0.2, 0) is 23.7 Å². The monoisotopic (exact) mass is 280 g/mol. The van der Waals surface area contributed by atoms with Crippen molar-refractivity contribution >= 4 is 6.16 Å². The highest BCUT2D eigenvalue weighted by molar-refractivity contribution is 5.56. The third-order valence-corrected chi connectivity index (χ3v) is 2.19. The lowest BCUT2D eigenvalue weighted by atomic mass is 10.3. The van der Waals surface area contributed by atoms with Crippen LogP contribution in [-0.4, -0.2) is 70.7 Å². The summed E-state index contributed by atoms with van der Waals surface area (Å²) in [6, 6.07) is 0. The number of rotatable bonds is 13. The van der Waals surface area contributed by atoms with Gasteiger partial charge in [0.15, 0.2) is 0 Å². The van der Waals surface area contributed by atoms with Gasteiger partial charge in [0.1, 0.15) is 6.61 Å². The van der Waals surface area contributed by atoms with Gasteiger partial charge in [0.05, 0.1) is 32.5 Å². The fraction of sp³-hybridized carbons (Fsp3) is 0.917. The first-order valence-corrected chi connectivity index (χ1v) is 6.32. The van der Waals surface area contributed by atoms with Gasteiger partial charge in [-0.25, -0.2) is 4.79 Å². The first-order chi connectivity index (χ1) is 9.20. The predicted molar refractivity (Wildman–Crippen MR) is 67.5 cm³/mol. The zero-order valence-electron chi connectivity index (χ0n) is 11.6. The molecule has 114 valence electrons. The standard InChI is InChI=1S/C12H24O7/c1-3-16-5-4-11(10-19-12(13)14)18-9-8-17-7-6-15-2/h11H,3-10H2,1-2H3,(H,13,14). The summed E-state index contributed by atoms with van der Waals surface area (Å²) >= 11 is 0. The number of ether oxygens (including phenoxy) is 5. The largest absolute Gasteiger partial charge is 0.505 e. The Morgan fingerprint density at radius 3 is 2.47 bits per heavy atom. The van der Waals surface area contributed by atoms with Crippen LogP contribution in [0.25, 0.3) is 0 Å². The van der Waals surface area contributed by atoms with Crippen molar-refractivity contribution in [2.45, 2.75) is 19.4 Å². The Labute approximate surface area is 113 Å². The smallest absolute Gasteiger partial charge is 0.450 e. The minimum atomic E-state index is -1.30. The number of carboxylic acid groups (broad SMARTS) is 1. The molecule has 0 aliphatic carbocycles. The number of methoxy groups -OCH3 is 1. The minimum absolute atomic E-state index is 0.000475. The molecule has 1 N–H and O–H groups in total. The molecule has 0 rings (SSSR count). The summed E-state index contributed by atoms with van der Waals surface area (Å²) in [7, 11) is 1.60. The molecule has 0 heterocycles. The fourth-order valence-corrected chi connectivity index (χ4v) is 1.26. The molecule has 0 aromatic heterocycles. The Kier molecular flexibility index (Phi) is 12.9. The minimum Gasteiger partial charge on any atom is -0.450 e. The second-order valence-electron chi connectivity index (χ2n) is 3.66. The van der Waals surface area contributed by atoms with Crippen LogP contribution in [0.3, 0.4) is 0 Å². The lowest BCUT2D eigenvalue weighted by molar-refractivity contribution is -0.0459. The molecule has 7 nitrogen and oxygen atoms in total. The van der Waals surface area contributed by atoms with Crippen LogP contribution < -0.4 is 0 Å². The molecule has 0 spiro atoms. The van der Waals surface area contributed by atoms with E-state index < -0.39 is 6.16 Å². The summed E-state index contributed by atoms with van der Waals surface area (Å²) < 4.78 is 25.3. The van der Waals surface area contributed by atoms with E-state index in [1.165, 1.54) is 0 Å². The lowest BCUT2D eigenvalue weighted by Crippen LogP contribution is -2.25. The molecule has 0 amide bonds. The highest BCUT2D eigenvalue weighted by atomic mass is 16.7. The van der Waals surface area contributed by atoms with E-state index in [4.69, 9.17) is 24.1 Å². The molecule has 0 bridgehead atoms. The van der Waals surface area contributed by atoms with Crippen LogP contribution in [0.5, 0.6) is 0 Å². The van der Waals surface area contributed by atoms with Gasteiger partial charge < -0.3 is 28.8 Å². The molecule has 0 aromatic carbocycles. The Morgan fingerprint density at radius 1 is 1.11 bits per heavy atom. The van der Waals surface area contributed by atoms with Gasteiger partial charge in [-0.3, -0.25) is 0 Å². The maximum atomic E-state index is 10.3. The van der Waals surface area contributed by atoms with E-state index in [9.17, 15) is 4.79 Å². The average Bonchev–Trinajstić information content (AvgIpc) is 2.39. The molecule has 1 atom stereocenters. The molecule has 0 saturated carbocycles. The number of carbonyl (C=O) groups is 1. The van der Waals surface area contributed by atoms with Gasteiger partial charge in [0, 0.05) is 26.7 Å². The maximum absolute atomic E-state index is 10.3. The molecule has 1 unspecified atom stereocenters. The van der Waals surface area contributed by atoms with Crippen molar-refractivity contribution in [2.24, 2.45) is 0 Å².